The summed E-state index contributed by atoms with van der Waals surface area (Å²) in [6, 6.07) is 18.4. The number of phenolic OH excluding ortho intramolecular Hbond substituents is 1. The third-order valence-electron chi connectivity index (χ3n) is 6.16. The number of likely N-dealkylation sites (tertiary alicyclic amines) is 1. The lowest BCUT2D eigenvalue weighted by atomic mass is 9.62. The van der Waals surface area contributed by atoms with Crippen LogP contribution in [-0.2, 0) is 16.9 Å². The quantitative estimate of drug-likeness (QED) is 0.909. The number of hydrogen-bond acceptors (Lipinski definition) is 3. The molecule has 1 N–H and O–H groups in total. The number of hydrogen-bond donors (Lipinski definition) is 1. The zero-order valence-electron chi connectivity index (χ0n) is 14.9. The van der Waals surface area contributed by atoms with Crippen LogP contribution in [0.5, 0.6) is 5.75 Å². The highest BCUT2D eigenvalue weighted by Gasteiger charge is 2.53. The molecule has 0 radical (unpaired) electrons. The SMILES string of the molecule is COC1(c2cccc(O)c2)[C@@H]2CCC[C@H]1CN(Cc1ccccc1)C2. The molecule has 0 spiro atoms. The highest BCUT2D eigenvalue weighted by Crippen LogP contribution is 2.52. The predicted molar refractivity (Wildman–Crippen MR) is 99.3 cm³/mol. The molecular weight excluding hydrogens is 310 g/mol. The summed E-state index contributed by atoms with van der Waals surface area (Å²) in [5.74, 6) is 1.27. The van der Waals surface area contributed by atoms with E-state index in [1.807, 2.05) is 19.2 Å². The standard InChI is InChI=1S/C22H27NO2/c1-25-22(18-9-6-12-21(24)13-18)19-10-5-11-20(22)16-23(15-19)14-17-7-3-2-4-8-17/h2-4,6-9,12-13,19-20,24H,5,10-11,14-16H2,1H3/t19-,20+,22?. The fourth-order valence-corrected chi connectivity index (χ4v) is 5.17. The molecule has 132 valence electrons. The summed E-state index contributed by atoms with van der Waals surface area (Å²) < 4.78 is 6.25. The molecule has 2 bridgehead atoms. The van der Waals surface area contributed by atoms with E-state index in [1.54, 1.807) is 6.07 Å². The van der Waals surface area contributed by atoms with Crippen LogP contribution in [0.2, 0.25) is 0 Å². The molecule has 2 aliphatic rings. The van der Waals surface area contributed by atoms with Gasteiger partial charge in [-0.25, -0.2) is 0 Å². The van der Waals surface area contributed by atoms with E-state index >= 15 is 0 Å². The number of benzene rings is 2. The van der Waals surface area contributed by atoms with Crippen molar-refractivity contribution in [2.75, 3.05) is 20.2 Å². The summed E-state index contributed by atoms with van der Waals surface area (Å²) in [7, 11) is 1.85. The van der Waals surface area contributed by atoms with Crippen LogP contribution in [0.15, 0.2) is 54.6 Å². The monoisotopic (exact) mass is 337 g/mol. The van der Waals surface area contributed by atoms with Gasteiger partial charge in [0, 0.05) is 38.6 Å². The molecule has 4 rings (SSSR count). The van der Waals surface area contributed by atoms with Crippen LogP contribution in [0.1, 0.15) is 30.4 Å². The van der Waals surface area contributed by atoms with E-state index in [-0.39, 0.29) is 5.60 Å². The Labute approximate surface area is 150 Å². The lowest BCUT2D eigenvalue weighted by Crippen LogP contribution is -2.58. The molecule has 0 amide bonds. The molecule has 1 saturated heterocycles. The lowest BCUT2D eigenvalue weighted by molar-refractivity contribution is -0.170. The van der Waals surface area contributed by atoms with Crippen molar-refractivity contribution in [3.63, 3.8) is 0 Å². The molecular formula is C22H27NO2. The topological polar surface area (TPSA) is 32.7 Å². The molecule has 1 saturated carbocycles. The van der Waals surface area contributed by atoms with Crippen LogP contribution in [0.25, 0.3) is 0 Å². The second-order valence-electron chi connectivity index (χ2n) is 7.55. The number of fused-ring (bicyclic) bond motifs is 2. The second kappa shape index (κ2) is 6.81. The van der Waals surface area contributed by atoms with Gasteiger partial charge in [0.1, 0.15) is 11.4 Å². The average molecular weight is 337 g/mol. The number of aromatic hydroxyl groups is 1. The molecule has 2 fully saturated rings. The van der Waals surface area contributed by atoms with Crippen LogP contribution >= 0.6 is 0 Å². The van der Waals surface area contributed by atoms with Crippen LogP contribution in [0.4, 0.5) is 0 Å². The number of rotatable bonds is 4. The Bertz CT molecular complexity index is 701. The molecule has 3 heteroatoms. The van der Waals surface area contributed by atoms with Gasteiger partial charge >= 0.3 is 0 Å². The van der Waals surface area contributed by atoms with E-state index in [0.717, 1.165) is 25.2 Å². The lowest BCUT2D eigenvalue weighted by Gasteiger charge is -2.55. The third-order valence-corrected chi connectivity index (χ3v) is 6.16. The smallest absolute Gasteiger partial charge is 0.115 e. The fraction of sp³-hybridized carbons (Fsp3) is 0.455. The second-order valence-corrected chi connectivity index (χ2v) is 7.55. The molecule has 3 atom stereocenters. The molecule has 1 aliphatic heterocycles. The van der Waals surface area contributed by atoms with Gasteiger partial charge in [0.2, 0.25) is 0 Å². The number of nitrogens with zero attached hydrogens (tertiary/aromatic N) is 1. The number of ether oxygens (including phenoxy) is 1. The van der Waals surface area contributed by atoms with Crippen molar-refractivity contribution < 1.29 is 9.84 Å². The van der Waals surface area contributed by atoms with Gasteiger partial charge in [-0.05, 0) is 36.1 Å². The molecule has 3 nitrogen and oxygen atoms in total. The summed E-state index contributed by atoms with van der Waals surface area (Å²) >= 11 is 0. The highest BCUT2D eigenvalue weighted by atomic mass is 16.5. The van der Waals surface area contributed by atoms with Gasteiger partial charge < -0.3 is 9.84 Å². The minimum Gasteiger partial charge on any atom is -0.508 e. The molecule has 1 unspecified atom stereocenters. The van der Waals surface area contributed by atoms with E-state index < -0.39 is 0 Å². The summed E-state index contributed by atoms with van der Waals surface area (Å²) in [6.07, 6.45) is 3.65. The van der Waals surface area contributed by atoms with Crippen molar-refractivity contribution in [1.82, 2.24) is 4.90 Å². The first-order valence-corrected chi connectivity index (χ1v) is 9.33. The van der Waals surface area contributed by atoms with Crippen LogP contribution < -0.4 is 0 Å². The van der Waals surface area contributed by atoms with Crippen molar-refractivity contribution in [3.05, 3.63) is 65.7 Å². The summed E-state index contributed by atoms with van der Waals surface area (Å²) in [5, 5.41) is 10.00. The third kappa shape index (κ3) is 2.96. The zero-order valence-corrected chi connectivity index (χ0v) is 14.9. The van der Waals surface area contributed by atoms with Crippen LogP contribution in [0.3, 0.4) is 0 Å². The predicted octanol–water partition coefficient (Wildman–Crippen LogP) is 4.17. The summed E-state index contributed by atoms with van der Waals surface area (Å²) in [6.45, 7) is 3.11. The van der Waals surface area contributed by atoms with Gasteiger partial charge in [0.05, 0.1) is 0 Å². The molecule has 1 heterocycles. The van der Waals surface area contributed by atoms with E-state index in [1.165, 1.54) is 24.8 Å². The number of phenols is 1. The van der Waals surface area contributed by atoms with Gasteiger partial charge in [0.25, 0.3) is 0 Å². The van der Waals surface area contributed by atoms with E-state index in [4.69, 9.17) is 4.74 Å². The van der Waals surface area contributed by atoms with Gasteiger partial charge in [-0.3, -0.25) is 4.90 Å². The maximum atomic E-state index is 10.00. The van der Waals surface area contributed by atoms with E-state index in [0.29, 0.717) is 17.6 Å². The molecule has 2 aromatic rings. The van der Waals surface area contributed by atoms with Gasteiger partial charge in [-0.15, -0.1) is 0 Å². The van der Waals surface area contributed by atoms with Gasteiger partial charge in [-0.2, -0.15) is 0 Å². The largest absolute Gasteiger partial charge is 0.508 e. The Morgan fingerprint density at radius 3 is 2.40 bits per heavy atom. The number of piperidine rings is 1. The summed E-state index contributed by atoms with van der Waals surface area (Å²) in [5.41, 5.74) is 2.26. The van der Waals surface area contributed by atoms with Crippen molar-refractivity contribution in [3.8, 4) is 5.75 Å². The van der Waals surface area contributed by atoms with E-state index in [9.17, 15) is 5.11 Å². The maximum Gasteiger partial charge on any atom is 0.115 e. The Morgan fingerprint density at radius 2 is 1.76 bits per heavy atom. The molecule has 1 aliphatic carbocycles. The van der Waals surface area contributed by atoms with Crippen molar-refractivity contribution >= 4 is 0 Å². The molecule has 0 aromatic heterocycles. The molecule has 25 heavy (non-hydrogen) atoms. The van der Waals surface area contributed by atoms with Crippen LogP contribution in [0, 0.1) is 11.8 Å². The fourth-order valence-electron chi connectivity index (χ4n) is 5.17. The van der Waals surface area contributed by atoms with Crippen molar-refractivity contribution in [1.29, 1.82) is 0 Å². The average Bonchev–Trinajstić information content (AvgIpc) is 2.62. The first kappa shape index (κ1) is 16.6. The minimum absolute atomic E-state index is 0.260. The van der Waals surface area contributed by atoms with Crippen molar-refractivity contribution in [2.45, 2.75) is 31.4 Å². The van der Waals surface area contributed by atoms with Crippen molar-refractivity contribution in [2.24, 2.45) is 11.8 Å². The Kier molecular flexibility index (Phi) is 4.53. The summed E-state index contributed by atoms with van der Waals surface area (Å²) in [4.78, 5) is 2.59. The zero-order chi connectivity index (χ0) is 17.3. The number of methoxy groups -OCH3 is 1. The Balaban J connectivity index is 1.63. The first-order chi connectivity index (χ1) is 12.2. The first-order valence-electron chi connectivity index (χ1n) is 9.33. The van der Waals surface area contributed by atoms with Gasteiger partial charge in [-0.1, -0.05) is 48.9 Å². The maximum absolute atomic E-state index is 10.00. The molecule has 2 aromatic carbocycles. The Morgan fingerprint density at radius 1 is 1.04 bits per heavy atom. The normalized spacial score (nSPS) is 29.5. The van der Waals surface area contributed by atoms with E-state index in [2.05, 4.69) is 41.3 Å². The highest BCUT2D eigenvalue weighted by molar-refractivity contribution is 5.34. The minimum atomic E-state index is -0.260. The van der Waals surface area contributed by atoms with Crippen LogP contribution in [-0.4, -0.2) is 30.2 Å². The van der Waals surface area contributed by atoms with Gasteiger partial charge in [0.15, 0.2) is 0 Å². The Hall–Kier alpha value is -1.84.